The minimum atomic E-state index is -0.501. The predicted octanol–water partition coefficient (Wildman–Crippen LogP) is 4.28. The van der Waals surface area contributed by atoms with Crippen molar-refractivity contribution < 1.29 is 9.53 Å². The number of nitrogens with zero attached hydrogens (tertiary/aromatic N) is 2. The molecule has 0 radical (unpaired) electrons. The normalized spacial score (nSPS) is 10.4. The van der Waals surface area contributed by atoms with Crippen LogP contribution in [0.25, 0.3) is 0 Å². The molecule has 0 bridgehead atoms. The number of rotatable bonds is 3. The zero-order chi connectivity index (χ0) is 13.5. The smallest absolute Gasteiger partial charge is 0.411 e. The fourth-order valence-corrected chi connectivity index (χ4v) is 1.39. The molecule has 2 aromatic rings. The van der Waals surface area contributed by atoms with E-state index < -0.39 is 6.09 Å². The summed E-state index contributed by atoms with van der Waals surface area (Å²) in [5.41, 5.74) is 2.14. The van der Waals surface area contributed by atoms with Crippen LogP contribution >= 0.6 is 0 Å². The Kier molecular flexibility index (Phi) is 4.23. The maximum Gasteiger partial charge on any atom is 0.411 e. The number of anilines is 1. The molecular weight excluding hydrogens is 242 g/mol. The molecule has 0 aliphatic carbocycles. The summed E-state index contributed by atoms with van der Waals surface area (Å²) in [6, 6.07) is 16.5. The Labute approximate surface area is 110 Å². The topological polar surface area (TPSA) is 63.0 Å². The van der Waals surface area contributed by atoms with Crippen LogP contribution in [-0.2, 0) is 4.74 Å². The Morgan fingerprint density at radius 1 is 0.947 bits per heavy atom. The fourth-order valence-electron chi connectivity index (χ4n) is 1.39. The highest BCUT2D eigenvalue weighted by Gasteiger charge is 1.99. The van der Waals surface area contributed by atoms with Gasteiger partial charge in [-0.3, -0.25) is 5.32 Å². The summed E-state index contributed by atoms with van der Waals surface area (Å²) in [7, 11) is 1.32. The van der Waals surface area contributed by atoms with Crippen molar-refractivity contribution in [3.63, 3.8) is 0 Å². The molecule has 0 spiro atoms. The van der Waals surface area contributed by atoms with Gasteiger partial charge in [0.05, 0.1) is 18.5 Å². The Balaban J connectivity index is 2.03. The van der Waals surface area contributed by atoms with Crippen LogP contribution in [0.2, 0.25) is 0 Å². The van der Waals surface area contributed by atoms with Crippen LogP contribution in [0.1, 0.15) is 0 Å². The first kappa shape index (κ1) is 12.8. The average molecular weight is 255 g/mol. The summed E-state index contributed by atoms with van der Waals surface area (Å²) in [6.45, 7) is 0. The number of carbonyl (C=O) groups is 1. The van der Waals surface area contributed by atoms with Crippen molar-refractivity contribution in [1.29, 1.82) is 0 Å². The van der Waals surface area contributed by atoms with E-state index in [1.54, 1.807) is 24.3 Å². The summed E-state index contributed by atoms with van der Waals surface area (Å²) in [5.74, 6) is 0. The Bertz CT molecular complexity index is 565. The zero-order valence-corrected chi connectivity index (χ0v) is 10.4. The first-order valence-electron chi connectivity index (χ1n) is 5.70. The summed E-state index contributed by atoms with van der Waals surface area (Å²) < 4.78 is 4.50. The maximum absolute atomic E-state index is 11.0. The van der Waals surface area contributed by atoms with Crippen molar-refractivity contribution >= 4 is 23.2 Å². The summed E-state index contributed by atoms with van der Waals surface area (Å²) in [4.78, 5) is 11.0. The molecule has 0 saturated heterocycles. The molecule has 0 saturated carbocycles. The summed E-state index contributed by atoms with van der Waals surface area (Å²) >= 11 is 0. The highest BCUT2D eigenvalue weighted by Crippen LogP contribution is 2.19. The molecular formula is C14H13N3O2. The van der Waals surface area contributed by atoms with Crippen molar-refractivity contribution in [2.45, 2.75) is 0 Å². The van der Waals surface area contributed by atoms with Crippen molar-refractivity contribution in [3.05, 3.63) is 54.6 Å². The van der Waals surface area contributed by atoms with Gasteiger partial charge in [-0.1, -0.05) is 18.2 Å². The SMILES string of the molecule is COC(=O)Nc1ccc(N=Nc2ccccc2)cc1. The van der Waals surface area contributed by atoms with Crippen molar-refractivity contribution in [1.82, 2.24) is 0 Å². The fraction of sp³-hybridized carbons (Fsp3) is 0.0714. The van der Waals surface area contributed by atoms with Gasteiger partial charge in [-0.05, 0) is 36.4 Å². The van der Waals surface area contributed by atoms with Gasteiger partial charge < -0.3 is 4.74 Å². The van der Waals surface area contributed by atoms with E-state index in [0.717, 1.165) is 5.69 Å². The maximum atomic E-state index is 11.0. The number of hydrogen-bond acceptors (Lipinski definition) is 4. The van der Waals surface area contributed by atoms with Gasteiger partial charge in [-0.2, -0.15) is 10.2 Å². The number of hydrogen-bond donors (Lipinski definition) is 1. The Morgan fingerprint density at radius 3 is 2.11 bits per heavy atom. The molecule has 0 aliphatic heterocycles. The third-order valence-electron chi connectivity index (χ3n) is 2.34. The summed E-state index contributed by atoms with van der Waals surface area (Å²) in [6.07, 6.45) is -0.501. The van der Waals surface area contributed by atoms with Crippen LogP contribution in [0.3, 0.4) is 0 Å². The van der Waals surface area contributed by atoms with E-state index in [9.17, 15) is 4.79 Å². The number of carbonyl (C=O) groups excluding carboxylic acids is 1. The molecule has 1 amide bonds. The quantitative estimate of drug-likeness (QED) is 0.832. The lowest BCUT2D eigenvalue weighted by Crippen LogP contribution is -2.10. The standard InChI is InChI=1S/C14H13N3O2/c1-19-14(18)15-11-7-9-13(10-8-11)17-16-12-5-3-2-4-6-12/h2-10H,1H3,(H,15,18). The molecule has 5 heteroatoms. The van der Waals surface area contributed by atoms with Crippen molar-refractivity contribution in [2.75, 3.05) is 12.4 Å². The number of amides is 1. The molecule has 2 aromatic carbocycles. The van der Waals surface area contributed by atoms with Gasteiger partial charge in [0.1, 0.15) is 0 Å². The lowest BCUT2D eigenvalue weighted by Gasteiger charge is -2.02. The predicted molar refractivity (Wildman–Crippen MR) is 73.1 cm³/mol. The van der Waals surface area contributed by atoms with Crippen LogP contribution in [-0.4, -0.2) is 13.2 Å². The van der Waals surface area contributed by atoms with Gasteiger partial charge in [-0.15, -0.1) is 0 Å². The van der Waals surface area contributed by atoms with Gasteiger partial charge in [0.15, 0.2) is 0 Å². The third-order valence-corrected chi connectivity index (χ3v) is 2.34. The van der Waals surface area contributed by atoms with E-state index in [0.29, 0.717) is 11.4 Å². The second kappa shape index (κ2) is 6.30. The molecule has 2 rings (SSSR count). The minimum absolute atomic E-state index is 0.501. The van der Waals surface area contributed by atoms with E-state index in [-0.39, 0.29) is 0 Å². The first-order chi connectivity index (χ1) is 9.28. The van der Waals surface area contributed by atoms with Gasteiger partial charge in [0.25, 0.3) is 0 Å². The Hall–Kier alpha value is -2.69. The van der Waals surface area contributed by atoms with Gasteiger partial charge in [0.2, 0.25) is 0 Å². The molecule has 0 aliphatic rings. The van der Waals surface area contributed by atoms with Crippen LogP contribution in [0.5, 0.6) is 0 Å². The first-order valence-corrected chi connectivity index (χ1v) is 5.70. The molecule has 96 valence electrons. The molecule has 0 heterocycles. The minimum Gasteiger partial charge on any atom is -0.453 e. The van der Waals surface area contributed by atoms with E-state index in [1.807, 2.05) is 30.3 Å². The van der Waals surface area contributed by atoms with Crippen LogP contribution in [0, 0.1) is 0 Å². The van der Waals surface area contributed by atoms with E-state index in [2.05, 4.69) is 20.3 Å². The Morgan fingerprint density at radius 2 is 1.53 bits per heavy atom. The second-order valence-corrected chi connectivity index (χ2v) is 3.70. The van der Waals surface area contributed by atoms with Gasteiger partial charge >= 0.3 is 6.09 Å². The number of nitrogens with one attached hydrogen (secondary N) is 1. The van der Waals surface area contributed by atoms with Gasteiger partial charge in [-0.25, -0.2) is 4.79 Å². The number of methoxy groups -OCH3 is 1. The van der Waals surface area contributed by atoms with Crippen molar-refractivity contribution in [3.8, 4) is 0 Å². The van der Waals surface area contributed by atoms with E-state index >= 15 is 0 Å². The number of azo groups is 1. The molecule has 5 nitrogen and oxygen atoms in total. The van der Waals surface area contributed by atoms with E-state index in [4.69, 9.17) is 0 Å². The number of benzene rings is 2. The monoisotopic (exact) mass is 255 g/mol. The molecule has 1 N–H and O–H groups in total. The summed E-state index contributed by atoms with van der Waals surface area (Å²) in [5, 5.41) is 10.8. The van der Waals surface area contributed by atoms with Crippen LogP contribution in [0.15, 0.2) is 64.8 Å². The van der Waals surface area contributed by atoms with E-state index in [1.165, 1.54) is 7.11 Å². The second-order valence-electron chi connectivity index (χ2n) is 3.70. The van der Waals surface area contributed by atoms with Crippen LogP contribution in [0.4, 0.5) is 21.9 Å². The molecule has 0 unspecified atom stereocenters. The largest absolute Gasteiger partial charge is 0.453 e. The highest BCUT2D eigenvalue weighted by atomic mass is 16.5. The van der Waals surface area contributed by atoms with Crippen LogP contribution < -0.4 is 5.32 Å². The lowest BCUT2D eigenvalue weighted by atomic mass is 10.3. The molecule has 0 fully saturated rings. The van der Waals surface area contributed by atoms with Gasteiger partial charge in [0, 0.05) is 5.69 Å². The average Bonchev–Trinajstić information content (AvgIpc) is 2.47. The third kappa shape index (κ3) is 3.92. The number of ether oxygens (including phenoxy) is 1. The molecule has 0 atom stereocenters. The highest BCUT2D eigenvalue weighted by molar-refractivity contribution is 5.84. The molecule has 19 heavy (non-hydrogen) atoms. The lowest BCUT2D eigenvalue weighted by molar-refractivity contribution is 0.187. The van der Waals surface area contributed by atoms with Crippen molar-refractivity contribution in [2.24, 2.45) is 10.2 Å². The molecule has 0 aromatic heterocycles. The zero-order valence-electron chi connectivity index (χ0n) is 10.4.